The maximum Gasteiger partial charge on any atom is 0.225 e. The van der Waals surface area contributed by atoms with Crippen molar-refractivity contribution in [3.63, 3.8) is 0 Å². The van der Waals surface area contributed by atoms with Gasteiger partial charge in [-0.1, -0.05) is 0 Å². The second-order valence-electron chi connectivity index (χ2n) is 5.98. The van der Waals surface area contributed by atoms with Crippen LogP contribution in [0.2, 0.25) is 0 Å². The summed E-state index contributed by atoms with van der Waals surface area (Å²) in [6.07, 6.45) is 6.97. The molecule has 98 valence electrons. The van der Waals surface area contributed by atoms with Crippen LogP contribution in [-0.2, 0) is 4.79 Å². The molecule has 0 aliphatic heterocycles. The number of rotatable bonds is 4. The SMILES string of the molecule is CC(C1CC1)N(C)C(=O)C1CCC(CN)CC1. The quantitative estimate of drug-likeness (QED) is 0.814. The number of nitrogens with two attached hydrogens (primary N) is 1. The molecule has 3 nitrogen and oxygen atoms in total. The van der Waals surface area contributed by atoms with Gasteiger partial charge in [-0.05, 0) is 63.8 Å². The molecule has 0 radical (unpaired) electrons. The van der Waals surface area contributed by atoms with Crippen molar-refractivity contribution in [3.05, 3.63) is 0 Å². The van der Waals surface area contributed by atoms with Crippen LogP contribution < -0.4 is 5.73 Å². The van der Waals surface area contributed by atoms with Crippen LogP contribution in [0, 0.1) is 17.8 Å². The van der Waals surface area contributed by atoms with Crippen LogP contribution in [0.3, 0.4) is 0 Å². The van der Waals surface area contributed by atoms with E-state index in [1.165, 1.54) is 12.8 Å². The molecule has 1 amide bonds. The van der Waals surface area contributed by atoms with Gasteiger partial charge in [0.05, 0.1) is 0 Å². The lowest BCUT2D eigenvalue weighted by Crippen LogP contribution is -2.41. The number of carbonyl (C=O) groups is 1. The fourth-order valence-corrected chi connectivity index (χ4v) is 3.03. The Morgan fingerprint density at radius 3 is 2.29 bits per heavy atom. The minimum Gasteiger partial charge on any atom is -0.343 e. The standard InChI is InChI=1S/C14H26N2O/c1-10(12-7-8-12)16(2)14(17)13-5-3-11(9-15)4-6-13/h10-13H,3-9,15H2,1-2H3. The summed E-state index contributed by atoms with van der Waals surface area (Å²) in [4.78, 5) is 14.4. The summed E-state index contributed by atoms with van der Waals surface area (Å²) in [5.41, 5.74) is 5.69. The van der Waals surface area contributed by atoms with Crippen molar-refractivity contribution in [2.24, 2.45) is 23.5 Å². The van der Waals surface area contributed by atoms with Crippen LogP contribution in [0.4, 0.5) is 0 Å². The molecule has 2 N–H and O–H groups in total. The van der Waals surface area contributed by atoms with E-state index in [4.69, 9.17) is 5.73 Å². The Kier molecular flexibility index (Phi) is 4.08. The predicted octanol–water partition coefficient (Wildman–Crippen LogP) is 2.01. The van der Waals surface area contributed by atoms with Gasteiger partial charge in [0.1, 0.15) is 0 Å². The van der Waals surface area contributed by atoms with Gasteiger partial charge in [0.2, 0.25) is 5.91 Å². The molecule has 0 bridgehead atoms. The van der Waals surface area contributed by atoms with Gasteiger partial charge in [0, 0.05) is 19.0 Å². The summed E-state index contributed by atoms with van der Waals surface area (Å²) in [5.74, 6) is 2.07. The average molecular weight is 238 g/mol. The number of carbonyl (C=O) groups excluding carboxylic acids is 1. The molecule has 2 rings (SSSR count). The molecule has 17 heavy (non-hydrogen) atoms. The molecule has 0 aromatic heterocycles. The van der Waals surface area contributed by atoms with E-state index < -0.39 is 0 Å². The van der Waals surface area contributed by atoms with Crippen molar-refractivity contribution in [3.8, 4) is 0 Å². The zero-order chi connectivity index (χ0) is 12.4. The zero-order valence-corrected chi connectivity index (χ0v) is 11.2. The molecule has 1 unspecified atom stereocenters. The smallest absolute Gasteiger partial charge is 0.225 e. The zero-order valence-electron chi connectivity index (χ0n) is 11.2. The van der Waals surface area contributed by atoms with Crippen molar-refractivity contribution in [1.29, 1.82) is 0 Å². The maximum atomic E-state index is 12.4. The Balaban J connectivity index is 1.83. The van der Waals surface area contributed by atoms with E-state index in [1.807, 2.05) is 11.9 Å². The molecule has 2 fully saturated rings. The lowest BCUT2D eigenvalue weighted by molar-refractivity contribution is -0.137. The van der Waals surface area contributed by atoms with E-state index in [-0.39, 0.29) is 5.92 Å². The van der Waals surface area contributed by atoms with Crippen LogP contribution in [0.5, 0.6) is 0 Å². The monoisotopic (exact) mass is 238 g/mol. The van der Waals surface area contributed by atoms with Gasteiger partial charge in [0.15, 0.2) is 0 Å². The number of hydrogen-bond acceptors (Lipinski definition) is 2. The Morgan fingerprint density at radius 2 is 1.82 bits per heavy atom. The normalized spacial score (nSPS) is 31.0. The molecule has 0 aromatic rings. The Morgan fingerprint density at radius 1 is 1.24 bits per heavy atom. The summed E-state index contributed by atoms with van der Waals surface area (Å²) in [7, 11) is 1.99. The molecule has 0 aromatic carbocycles. The second-order valence-corrected chi connectivity index (χ2v) is 5.98. The highest BCUT2D eigenvalue weighted by Crippen LogP contribution is 2.36. The van der Waals surface area contributed by atoms with Crippen molar-refractivity contribution < 1.29 is 4.79 Å². The van der Waals surface area contributed by atoms with E-state index in [1.54, 1.807) is 0 Å². The minimum absolute atomic E-state index is 0.268. The Labute approximate surface area is 105 Å². The van der Waals surface area contributed by atoms with Gasteiger partial charge < -0.3 is 10.6 Å². The van der Waals surface area contributed by atoms with Gasteiger partial charge >= 0.3 is 0 Å². The van der Waals surface area contributed by atoms with E-state index >= 15 is 0 Å². The molecule has 3 heteroatoms. The van der Waals surface area contributed by atoms with Gasteiger partial charge in [-0.2, -0.15) is 0 Å². The van der Waals surface area contributed by atoms with E-state index in [9.17, 15) is 4.79 Å². The number of nitrogens with zero attached hydrogens (tertiary/aromatic N) is 1. The van der Waals surface area contributed by atoms with E-state index in [0.29, 0.717) is 17.9 Å². The van der Waals surface area contributed by atoms with Crippen LogP contribution >= 0.6 is 0 Å². The predicted molar refractivity (Wildman–Crippen MR) is 69.5 cm³/mol. The van der Waals surface area contributed by atoms with Crippen molar-refractivity contribution in [1.82, 2.24) is 4.90 Å². The summed E-state index contributed by atoms with van der Waals surface area (Å²) in [6, 6.07) is 0.440. The third kappa shape index (κ3) is 3.01. The molecule has 2 aliphatic carbocycles. The van der Waals surface area contributed by atoms with E-state index in [2.05, 4.69) is 6.92 Å². The Hall–Kier alpha value is -0.570. The maximum absolute atomic E-state index is 12.4. The van der Waals surface area contributed by atoms with Crippen LogP contribution in [0.25, 0.3) is 0 Å². The number of hydrogen-bond donors (Lipinski definition) is 1. The van der Waals surface area contributed by atoms with E-state index in [0.717, 1.165) is 38.1 Å². The molecular formula is C14H26N2O. The third-order valence-electron chi connectivity index (χ3n) is 4.79. The fourth-order valence-electron chi connectivity index (χ4n) is 3.03. The van der Waals surface area contributed by atoms with Crippen LogP contribution in [0.1, 0.15) is 45.4 Å². The summed E-state index contributed by atoms with van der Waals surface area (Å²) >= 11 is 0. The molecule has 0 spiro atoms. The highest BCUT2D eigenvalue weighted by Gasteiger charge is 2.35. The first kappa shape index (κ1) is 12.9. The lowest BCUT2D eigenvalue weighted by atomic mass is 9.81. The fraction of sp³-hybridized carbons (Fsp3) is 0.929. The molecular weight excluding hydrogens is 212 g/mol. The Bertz CT molecular complexity index is 267. The van der Waals surface area contributed by atoms with Gasteiger partial charge in [0.25, 0.3) is 0 Å². The minimum atomic E-state index is 0.268. The highest BCUT2D eigenvalue weighted by molar-refractivity contribution is 5.79. The molecule has 2 saturated carbocycles. The first-order valence-corrected chi connectivity index (χ1v) is 7.10. The third-order valence-corrected chi connectivity index (χ3v) is 4.79. The topological polar surface area (TPSA) is 46.3 Å². The number of amides is 1. The summed E-state index contributed by atoms with van der Waals surface area (Å²) in [5, 5.41) is 0. The molecule has 2 aliphatic rings. The average Bonchev–Trinajstić information content (AvgIpc) is 3.20. The van der Waals surface area contributed by atoms with Crippen molar-refractivity contribution in [2.75, 3.05) is 13.6 Å². The van der Waals surface area contributed by atoms with Gasteiger partial charge in [-0.3, -0.25) is 4.79 Å². The highest BCUT2D eigenvalue weighted by atomic mass is 16.2. The van der Waals surface area contributed by atoms with Crippen molar-refractivity contribution in [2.45, 2.75) is 51.5 Å². The summed E-state index contributed by atoms with van der Waals surface area (Å²) in [6.45, 7) is 2.98. The second kappa shape index (κ2) is 5.38. The van der Waals surface area contributed by atoms with Crippen LogP contribution in [0.15, 0.2) is 0 Å². The first-order chi connectivity index (χ1) is 8.13. The van der Waals surface area contributed by atoms with Crippen LogP contribution in [-0.4, -0.2) is 30.4 Å². The first-order valence-electron chi connectivity index (χ1n) is 7.10. The molecule has 0 heterocycles. The lowest BCUT2D eigenvalue weighted by Gasteiger charge is -2.33. The molecule has 0 saturated heterocycles. The summed E-state index contributed by atoms with van der Waals surface area (Å²) < 4.78 is 0. The van der Waals surface area contributed by atoms with Gasteiger partial charge in [-0.25, -0.2) is 0 Å². The molecule has 1 atom stereocenters. The van der Waals surface area contributed by atoms with Gasteiger partial charge in [-0.15, -0.1) is 0 Å². The van der Waals surface area contributed by atoms with Crippen molar-refractivity contribution >= 4 is 5.91 Å². The largest absolute Gasteiger partial charge is 0.343 e.